The van der Waals surface area contributed by atoms with Gasteiger partial charge in [-0.25, -0.2) is 4.98 Å². The molecule has 0 aromatic carbocycles. The van der Waals surface area contributed by atoms with Crippen LogP contribution in [0, 0.1) is 5.92 Å². The van der Waals surface area contributed by atoms with Gasteiger partial charge in [0.1, 0.15) is 24.0 Å². The van der Waals surface area contributed by atoms with E-state index >= 15 is 0 Å². The molecule has 0 aliphatic heterocycles. The topological polar surface area (TPSA) is 144 Å². The summed E-state index contributed by atoms with van der Waals surface area (Å²) in [7, 11) is 1.62. The number of hydrogen-bond acceptors (Lipinski definition) is 6. The number of aromatic nitrogens is 3. The molecular weight excluding hydrogens is 476 g/mol. The highest BCUT2D eigenvalue weighted by molar-refractivity contribution is 6.63. The lowest BCUT2D eigenvalue weighted by Crippen LogP contribution is -2.45. The molecular formula is C23H31ClN6O5. The molecule has 35 heavy (non-hydrogen) atoms. The molecule has 1 atom stereocenters. The van der Waals surface area contributed by atoms with Gasteiger partial charge in [-0.1, -0.05) is 26.7 Å². The standard InChI is InChI=1S/C23H31ClN6O5/c1-4-15(5-2)11-26-20(32)13-30-10-6-7-17(23(30)35)28-21(33)16(8-9-19(24)31)27-22(34)18-12-25-14-29(18)3/h6-7,10,12,14-16H,4-5,8-9,11,13H2,1-3H3,(H,26,32)(H,27,34)(H,28,33)/t16-/m0/s1. The summed E-state index contributed by atoms with van der Waals surface area (Å²) < 4.78 is 2.66. The van der Waals surface area contributed by atoms with Gasteiger partial charge in [0.2, 0.25) is 17.1 Å². The molecule has 11 nitrogen and oxygen atoms in total. The van der Waals surface area contributed by atoms with Crippen LogP contribution in [0.4, 0.5) is 5.69 Å². The summed E-state index contributed by atoms with van der Waals surface area (Å²) in [6.07, 6.45) is 5.85. The van der Waals surface area contributed by atoms with Crippen LogP contribution in [0.1, 0.15) is 50.0 Å². The first-order valence-corrected chi connectivity index (χ1v) is 11.8. The van der Waals surface area contributed by atoms with Crippen LogP contribution in [0.2, 0.25) is 0 Å². The largest absolute Gasteiger partial charge is 0.354 e. The van der Waals surface area contributed by atoms with Gasteiger partial charge in [-0.15, -0.1) is 0 Å². The van der Waals surface area contributed by atoms with Gasteiger partial charge in [0.05, 0.1) is 12.5 Å². The first kappa shape index (κ1) is 27.8. The summed E-state index contributed by atoms with van der Waals surface area (Å²) in [6, 6.07) is 1.78. The molecule has 2 aromatic heterocycles. The Balaban J connectivity index is 2.11. The van der Waals surface area contributed by atoms with Gasteiger partial charge >= 0.3 is 0 Å². The summed E-state index contributed by atoms with van der Waals surface area (Å²) in [5, 5.41) is 7.18. The van der Waals surface area contributed by atoms with Crippen molar-refractivity contribution in [2.24, 2.45) is 13.0 Å². The molecule has 0 bridgehead atoms. The van der Waals surface area contributed by atoms with Crippen molar-refractivity contribution in [1.29, 1.82) is 0 Å². The van der Waals surface area contributed by atoms with E-state index in [4.69, 9.17) is 11.6 Å². The van der Waals surface area contributed by atoms with E-state index in [0.29, 0.717) is 12.5 Å². The molecule has 0 radical (unpaired) electrons. The van der Waals surface area contributed by atoms with Crippen molar-refractivity contribution in [1.82, 2.24) is 24.8 Å². The van der Waals surface area contributed by atoms with E-state index in [2.05, 4.69) is 20.9 Å². The maximum atomic E-state index is 12.9. The van der Waals surface area contributed by atoms with Crippen LogP contribution in [0.15, 0.2) is 35.6 Å². The van der Waals surface area contributed by atoms with Crippen molar-refractivity contribution in [2.75, 3.05) is 11.9 Å². The molecule has 0 spiro atoms. The number of hydrogen-bond donors (Lipinski definition) is 3. The highest BCUT2D eigenvalue weighted by atomic mass is 35.5. The second kappa shape index (κ2) is 13.4. The quantitative estimate of drug-likeness (QED) is 0.350. The van der Waals surface area contributed by atoms with E-state index in [0.717, 1.165) is 12.8 Å². The fourth-order valence-electron chi connectivity index (χ4n) is 3.36. The van der Waals surface area contributed by atoms with E-state index in [9.17, 15) is 24.0 Å². The number of rotatable bonds is 13. The number of nitrogens with zero attached hydrogens (tertiary/aromatic N) is 3. The molecule has 2 heterocycles. The third-order valence-electron chi connectivity index (χ3n) is 5.64. The SMILES string of the molecule is CCC(CC)CNC(=O)Cn1cccc(NC(=O)[C@H](CCC(=O)Cl)NC(=O)c2cncn2C)c1=O. The monoisotopic (exact) mass is 506 g/mol. The second-order valence-corrected chi connectivity index (χ2v) is 8.56. The van der Waals surface area contributed by atoms with Crippen LogP contribution in [-0.2, 0) is 28.0 Å². The summed E-state index contributed by atoms with van der Waals surface area (Å²) in [4.78, 5) is 65.7. The van der Waals surface area contributed by atoms with Crippen LogP contribution in [-0.4, -0.2) is 49.7 Å². The number of carbonyl (C=O) groups excluding carboxylic acids is 4. The van der Waals surface area contributed by atoms with E-state index in [1.165, 1.54) is 40.0 Å². The van der Waals surface area contributed by atoms with Crippen molar-refractivity contribution >= 4 is 40.3 Å². The molecule has 0 saturated heterocycles. The van der Waals surface area contributed by atoms with Crippen molar-refractivity contribution in [2.45, 2.75) is 52.1 Å². The maximum absolute atomic E-state index is 12.9. The van der Waals surface area contributed by atoms with Gasteiger partial charge in [-0.2, -0.15) is 0 Å². The number of aryl methyl sites for hydroxylation is 1. The molecule has 3 N–H and O–H groups in total. The van der Waals surface area contributed by atoms with E-state index in [1.54, 1.807) is 7.05 Å². The third-order valence-corrected chi connectivity index (χ3v) is 5.82. The number of amides is 3. The molecule has 0 aliphatic carbocycles. The maximum Gasteiger partial charge on any atom is 0.274 e. The first-order valence-electron chi connectivity index (χ1n) is 11.4. The Morgan fingerprint density at radius 2 is 1.89 bits per heavy atom. The number of carbonyl (C=O) groups is 4. The van der Waals surface area contributed by atoms with Crippen molar-refractivity contribution < 1.29 is 19.2 Å². The zero-order chi connectivity index (χ0) is 26.0. The highest BCUT2D eigenvalue weighted by Gasteiger charge is 2.24. The molecule has 0 fully saturated rings. The molecule has 2 aromatic rings. The summed E-state index contributed by atoms with van der Waals surface area (Å²) in [5.41, 5.74) is -0.438. The minimum absolute atomic E-state index is 0.0673. The van der Waals surface area contributed by atoms with E-state index in [1.807, 2.05) is 13.8 Å². The van der Waals surface area contributed by atoms with Gasteiger partial charge in [0.25, 0.3) is 11.5 Å². The van der Waals surface area contributed by atoms with Crippen LogP contribution in [0.3, 0.4) is 0 Å². The summed E-state index contributed by atoms with van der Waals surface area (Å²) in [6.45, 7) is 4.41. The predicted octanol–water partition coefficient (Wildman–Crippen LogP) is 1.42. The fraction of sp³-hybridized carbons (Fsp3) is 0.478. The fourth-order valence-corrected chi connectivity index (χ4v) is 3.47. The Bertz CT molecular complexity index is 1110. The Labute approximate surface area is 208 Å². The van der Waals surface area contributed by atoms with Gasteiger partial charge < -0.3 is 25.1 Å². The van der Waals surface area contributed by atoms with E-state index in [-0.39, 0.29) is 36.7 Å². The Morgan fingerprint density at radius 1 is 1.17 bits per heavy atom. The highest BCUT2D eigenvalue weighted by Crippen LogP contribution is 2.08. The van der Waals surface area contributed by atoms with Gasteiger partial charge in [0, 0.05) is 26.2 Å². The zero-order valence-electron chi connectivity index (χ0n) is 20.0. The molecule has 0 saturated carbocycles. The van der Waals surface area contributed by atoms with Gasteiger partial charge in [-0.05, 0) is 36.1 Å². The lowest BCUT2D eigenvalue weighted by Gasteiger charge is -2.18. The summed E-state index contributed by atoms with van der Waals surface area (Å²) in [5.74, 6) is -1.23. The smallest absolute Gasteiger partial charge is 0.274 e. The minimum Gasteiger partial charge on any atom is -0.354 e. The molecule has 190 valence electrons. The zero-order valence-corrected chi connectivity index (χ0v) is 20.8. The molecule has 12 heteroatoms. The molecule has 3 amide bonds. The number of anilines is 1. The Hall–Kier alpha value is -3.47. The van der Waals surface area contributed by atoms with Gasteiger partial charge in [-0.3, -0.25) is 24.0 Å². The number of halogens is 1. The molecule has 0 unspecified atom stereocenters. The Morgan fingerprint density at radius 3 is 2.49 bits per heavy atom. The Kier molecular flexibility index (Phi) is 10.7. The van der Waals surface area contributed by atoms with Crippen LogP contribution < -0.4 is 21.5 Å². The first-order chi connectivity index (χ1) is 16.7. The average Bonchev–Trinajstić information content (AvgIpc) is 3.25. The summed E-state index contributed by atoms with van der Waals surface area (Å²) >= 11 is 5.42. The van der Waals surface area contributed by atoms with Crippen molar-refractivity contribution in [3.63, 3.8) is 0 Å². The third kappa shape index (κ3) is 8.36. The van der Waals surface area contributed by atoms with Crippen LogP contribution in [0.25, 0.3) is 0 Å². The number of pyridine rings is 1. The second-order valence-electron chi connectivity index (χ2n) is 8.14. The minimum atomic E-state index is -1.14. The van der Waals surface area contributed by atoms with Crippen LogP contribution in [0.5, 0.6) is 0 Å². The number of nitrogens with one attached hydrogen (secondary N) is 3. The predicted molar refractivity (Wildman–Crippen MR) is 131 cm³/mol. The van der Waals surface area contributed by atoms with Crippen LogP contribution >= 0.6 is 11.6 Å². The lowest BCUT2D eigenvalue weighted by atomic mass is 10.0. The number of imidazole rings is 1. The average molecular weight is 507 g/mol. The van der Waals surface area contributed by atoms with Gasteiger partial charge in [0.15, 0.2) is 0 Å². The van der Waals surface area contributed by atoms with E-state index < -0.39 is 28.7 Å². The normalized spacial score (nSPS) is 11.7. The van der Waals surface area contributed by atoms with Crippen molar-refractivity contribution in [3.8, 4) is 0 Å². The molecule has 0 aliphatic rings. The lowest BCUT2D eigenvalue weighted by molar-refractivity contribution is -0.122. The van der Waals surface area contributed by atoms with Crippen molar-refractivity contribution in [3.05, 3.63) is 46.9 Å². The molecule has 2 rings (SSSR count).